The number of carbonyl (C=O) groups excluding carboxylic acids is 1. The van der Waals surface area contributed by atoms with Gasteiger partial charge in [0, 0.05) is 5.56 Å². The Morgan fingerprint density at radius 3 is 2.44 bits per heavy atom. The van der Waals surface area contributed by atoms with E-state index in [9.17, 15) is 9.59 Å². The van der Waals surface area contributed by atoms with Crippen molar-refractivity contribution in [2.45, 2.75) is 20.5 Å². The van der Waals surface area contributed by atoms with Crippen molar-refractivity contribution < 1.29 is 18.7 Å². The monoisotopic (exact) mass is 448 g/mol. The Bertz CT molecular complexity index is 1370. The number of ether oxygens (including phenoxy) is 2. The van der Waals surface area contributed by atoms with E-state index in [0.29, 0.717) is 27.1 Å². The maximum Gasteiger partial charge on any atom is 0.337 e. The smallest absolute Gasteiger partial charge is 0.337 e. The molecule has 0 spiro atoms. The topological polar surface area (TPSA) is 65.7 Å². The number of hydrogen-bond acceptors (Lipinski definition) is 5. The molecule has 0 atom stereocenters. The van der Waals surface area contributed by atoms with E-state index in [1.807, 2.05) is 32.0 Å². The molecule has 0 aliphatic heterocycles. The van der Waals surface area contributed by atoms with Crippen LogP contribution < -0.4 is 10.2 Å². The molecule has 6 heteroatoms. The lowest BCUT2D eigenvalue weighted by atomic mass is 10.1. The number of esters is 1. The summed E-state index contributed by atoms with van der Waals surface area (Å²) in [5.41, 5.74) is 3.84. The van der Waals surface area contributed by atoms with Crippen molar-refractivity contribution >= 4 is 28.5 Å². The zero-order valence-corrected chi connectivity index (χ0v) is 18.7. The summed E-state index contributed by atoms with van der Waals surface area (Å²) in [7, 11) is 1.33. The summed E-state index contributed by atoms with van der Waals surface area (Å²) >= 11 is 6.42. The highest BCUT2D eigenvalue weighted by Crippen LogP contribution is 2.36. The lowest BCUT2D eigenvalue weighted by Gasteiger charge is -2.14. The number of hydrogen-bond donors (Lipinski definition) is 0. The third kappa shape index (κ3) is 4.12. The van der Waals surface area contributed by atoms with Gasteiger partial charge in [-0.25, -0.2) is 4.79 Å². The molecule has 0 unspecified atom stereocenters. The van der Waals surface area contributed by atoms with Crippen molar-refractivity contribution in [3.63, 3.8) is 0 Å². The number of rotatable bonds is 5. The molecule has 0 radical (unpaired) electrons. The number of carbonyl (C=O) groups is 1. The van der Waals surface area contributed by atoms with Crippen LogP contribution in [0.5, 0.6) is 5.75 Å². The molecule has 0 fully saturated rings. The van der Waals surface area contributed by atoms with Gasteiger partial charge in [0.1, 0.15) is 12.2 Å². The van der Waals surface area contributed by atoms with Gasteiger partial charge >= 0.3 is 5.97 Å². The summed E-state index contributed by atoms with van der Waals surface area (Å²) in [5, 5.41) is 0.904. The van der Waals surface area contributed by atoms with Crippen molar-refractivity contribution in [3.8, 4) is 17.1 Å². The Balaban J connectivity index is 1.81. The van der Waals surface area contributed by atoms with E-state index in [4.69, 9.17) is 25.5 Å². The zero-order chi connectivity index (χ0) is 22.8. The fourth-order valence-electron chi connectivity index (χ4n) is 3.60. The van der Waals surface area contributed by atoms with E-state index in [0.717, 1.165) is 16.7 Å². The summed E-state index contributed by atoms with van der Waals surface area (Å²) in [4.78, 5) is 25.1. The molecule has 0 saturated carbocycles. The van der Waals surface area contributed by atoms with Crippen molar-refractivity contribution in [3.05, 3.63) is 98.2 Å². The summed E-state index contributed by atoms with van der Waals surface area (Å²) in [6.45, 7) is 3.94. The van der Waals surface area contributed by atoms with Crippen LogP contribution in [0, 0.1) is 13.8 Å². The first-order valence-corrected chi connectivity index (χ1v) is 10.4. The van der Waals surface area contributed by atoms with Crippen LogP contribution in [0.4, 0.5) is 0 Å². The van der Waals surface area contributed by atoms with Crippen LogP contribution in [-0.4, -0.2) is 13.1 Å². The molecule has 0 saturated heterocycles. The largest absolute Gasteiger partial charge is 0.481 e. The molecule has 0 aliphatic rings. The Kier molecular flexibility index (Phi) is 6.01. The molecule has 4 rings (SSSR count). The van der Waals surface area contributed by atoms with Crippen LogP contribution >= 0.6 is 11.6 Å². The second-order valence-electron chi connectivity index (χ2n) is 7.50. The Labute approximate surface area is 190 Å². The van der Waals surface area contributed by atoms with Gasteiger partial charge in [0.25, 0.3) is 0 Å². The van der Waals surface area contributed by atoms with Gasteiger partial charge in [0.05, 0.1) is 23.1 Å². The molecule has 32 heavy (non-hydrogen) atoms. The molecule has 1 aromatic heterocycles. The zero-order valence-electron chi connectivity index (χ0n) is 17.9. The van der Waals surface area contributed by atoms with Gasteiger partial charge in [-0.2, -0.15) is 0 Å². The average molecular weight is 449 g/mol. The summed E-state index contributed by atoms with van der Waals surface area (Å²) in [5.74, 6) is -0.0433. The highest BCUT2D eigenvalue weighted by Gasteiger charge is 2.21. The summed E-state index contributed by atoms with van der Waals surface area (Å²) in [6, 6.07) is 17.7. The minimum absolute atomic E-state index is 0.0904. The molecule has 0 N–H and O–H groups in total. The van der Waals surface area contributed by atoms with E-state index in [1.54, 1.807) is 42.5 Å². The van der Waals surface area contributed by atoms with Crippen LogP contribution in [0.1, 0.15) is 27.0 Å². The standard InChI is InChI=1S/C26H21ClO5/c1-15-12-16(2)23-20(13-15)22(28)25(24(32-23)19-6-4-5-7-21(19)27)31-14-17-8-10-18(11-9-17)26(29)30-3/h4-13H,14H2,1-3H3. The second-order valence-corrected chi connectivity index (χ2v) is 7.91. The fourth-order valence-corrected chi connectivity index (χ4v) is 3.82. The molecule has 4 aromatic rings. The van der Waals surface area contributed by atoms with Crippen molar-refractivity contribution in [1.82, 2.24) is 0 Å². The normalized spacial score (nSPS) is 10.9. The Morgan fingerprint density at radius 1 is 1.03 bits per heavy atom. The van der Waals surface area contributed by atoms with Gasteiger partial charge < -0.3 is 13.9 Å². The fraction of sp³-hybridized carbons (Fsp3) is 0.154. The van der Waals surface area contributed by atoms with E-state index >= 15 is 0 Å². The van der Waals surface area contributed by atoms with Crippen LogP contribution in [0.15, 0.2) is 69.9 Å². The van der Waals surface area contributed by atoms with E-state index < -0.39 is 5.97 Å². The van der Waals surface area contributed by atoms with Crippen LogP contribution in [0.2, 0.25) is 5.02 Å². The van der Waals surface area contributed by atoms with Gasteiger partial charge in [0.15, 0.2) is 5.76 Å². The molecule has 162 valence electrons. The molecule has 0 aliphatic carbocycles. The van der Waals surface area contributed by atoms with E-state index in [-0.39, 0.29) is 23.5 Å². The van der Waals surface area contributed by atoms with Gasteiger partial charge in [-0.05, 0) is 60.9 Å². The summed E-state index contributed by atoms with van der Waals surface area (Å²) in [6.07, 6.45) is 0. The molecular weight excluding hydrogens is 428 g/mol. The Hall–Kier alpha value is -3.57. The van der Waals surface area contributed by atoms with Crippen LogP contribution in [0.25, 0.3) is 22.3 Å². The second kappa shape index (κ2) is 8.89. The number of benzene rings is 3. The SMILES string of the molecule is COC(=O)c1ccc(COc2c(-c3ccccc3Cl)oc3c(C)cc(C)cc3c2=O)cc1. The number of aryl methyl sites for hydroxylation is 2. The van der Waals surface area contributed by atoms with Crippen molar-refractivity contribution in [1.29, 1.82) is 0 Å². The minimum atomic E-state index is -0.417. The molecule has 0 amide bonds. The van der Waals surface area contributed by atoms with Crippen LogP contribution in [0.3, 0.4) is 0 Å². The van der Waals surface area contributed by atoms with Gasteiger partial charge in [-0.1, -0.05) is 41.9 Å². The highest BCUT2D eigenvalue weighted by atomic mass is 35.5. The van der Waals surface area contributed by atoms with E-state index in [1.165, 1.54) is 7.11 Å². The minimum Gasteiger partial charge on any atom is -0.481 e. The first-order valence-electron chi connectivity index (χ1n) is 10.0. The average Bonchev–Trinajstić information content (AvgIpc) is 2.79. The Morgan fingerprint density at radius 2 is 1.75 bits per heavy atom. The molecule has 5 nitrogen and oxygen atoms in total. The van der Waals surface area contributed by atoms with Crippen LogP contribution in [-0.2, 0) is 11.3 Å². The van der Waals surface area contributed by atoms with Gasteiger partial charge in [-0.15, -0.1) is 0 Å². The highest BCUT2D eigenvalue weighted by molar-refractivity contribution is 6.33. The molecule has 1 heterocycles. The maximum absolute atomic E-state index is 13.5. The predicted molar refractivity (Wildman–Crippen MR) is 125 cm³/mol. The number of halogens is 1. The van der Waals surface area contributed by atoms with Crippen molar-refractivity contribution in [2.75, 3.05) is 7.11 Å². The molecular formula is C26H21ClO5. The molecule has 0 bridgehead atoms. The maximum atomic E-state index is 13.5. The quantitative estimate of drug-likeness (QED) is 0.345. The molecule has 3 aromatic carbocycles. The summed E-state index contributed by atoms with van der Waals surface area (Å²) < 4.78 is 16.9. The first-order chi connectivity index (χ1) is 15.4. The van der Waals surface area contributed by atoms with Gasteiger partial charge in [-0.3, -0.25) is 4.79 Å². The van der Waals surface area contributed by atoms with Gasteiger partial charge in [0.2, 0.25) is 11.2 Å². The van der Waals surface area contributed by atoms with Crippen molar-refractivity contribution in [2.24, 2.45) is 0 Å². The lowest BCUT2D eigenvalue weighted by molar-refractivity contribution is 0.0600. The lowest BCUT2D eigenvalue weighted by Crippen LogP contribution is -2.11. The third-order valence-corrected chi connectivity index (χ3v) is 5.49. The predicted octanol–water partition coefficient (Wildman–Crippen LogP) is 6.10. The first kappa shape index (κ1) is 21.7. The third-order valence-electron chi connectivity index (χ3n) is 5.16. The van der Waals surface area contributed by atoms with E-state index in [2.05, 4.69) is 0 Å². The number of fused-ring (bicyclic) bond motifs is 1. The number of methoxy groups -OCH3 is 1.